The minimum atomic E-state index is -0.261. The number of nitrogens with one attached hydrogen (secondary N) is 2. The Hall–Kier alpha value is -2.60. The van der Waals surface area contributed by atoms with Crippen molar-refractivity contribution in [2.45, 2.75) is 6.42 Å². The summed E-state index contributed by atoms with van der Waals surface area (Å²) < 4.78 is 5.28. The maximum atomic E-state index is 12.2. The first-order chi connectivity index (χ1) is 10.7. The first kappa shape index (κ1) is 15.8. The van der Waals surface area contributed by atoms with Crippen LogP contribution in [0.25, 0.3) is 0 Å². The SMILES string of the molecule is CNc1ccc(C(=O)Nc2ccc(CCO)cc2OC)cn1. The highest BCUT2D eigenvalue weighted by Crippen LogP contribution is 2.26. The molecule has 0 spiro atoms. The molecule has 1 amide bonds. The maximum absolute atomic E-state index is 12.2. The molecule has 1 aromatic heterocycles. The average molecular weight is 301 g/mol. The van der Waals surface area contributed by atoms with Crippen LogP contribution in [0.15, 0.2) is 36.5 Å². The normalized spacial score (nSPS) is 10.1. The van der Waals surface area contributed by atoms with Crippen molar-refractivity contribution in [3.05, 3.63) is 47.7 Å². The molecule has 0 atom stereocenters. The maximum Gasteiger partial charge on any atom is 0.257 e. The van der Waals surface area contributed by atoms with E-state index < -0.39 is 0 Å². The van der Waals surface area contributed by atoms with Crippen LogP contribution in [-0.2, 0) is 6.42 Å². The van der Waals surface area contributed by atoms with Gasteiger partial charge in [0.25, 0.3) is 5.91 Å². The van der Waals surface area contributed by atoms with E-state index in [0.717, 1.165) is 5.56 Å². The first-order valence-corrected chi connectivity index (χ1v) is 6.91. The third-order valence-corrected chi connectivity index (χ3v) is 3.20. The van der Waals surface area contributed by atoms with Crippen molar-refractivity contribution in [1.29, 1.82) is 0 Å². The Morgan fingerprint density at radius 1 is 1.32 bits per heavy atom. The summed E-state index contributed by atoms with van der Waals surface area (Å²) in [5.74, 6) is 0.991. The van der Waals surface area contributed by atoms with E-state index in [1.54, 1.807) is 31.3 Å². The summed E-state index contributed by atoms with van der Waals surface area (Å²) in [6.45, 7) is 0.0678. The van der Waals surface area contributed by atoms with Crippen molar-refractivity contribution in [3.8, 4) is 5.75 Å². The number of carbonyl (C=O) groups is 1. The van der Waals surface area contributed by atoms with Crippen LogP contribution >= 0.6 is 0 Å². The zero-order valence-electron chi connectivity index (χ0n) is 12.6. The summed E-state index contributed by atoms with van der Waals surface area (Å²) in [5, 5.41) is 14.7. The van der Waals surface area contributed by atoms with Crippen LogP contribution in [0.1, 0.15) is 15.9 Å². The molecule has 1 aromatic carbocycles. The molecular weight excluding hydrogens is 282 g/mol. The molecule has 0 aliphatic heterocycles. The molecule has 116 valence electrons. The van der Waals surface area contributed by atoms with Gasteiger partial charge >= 0.3 is 0 Å². The van der Waals surface area contributed by atoms with Crippen LogP contribution in [0.4, 0.5) is 11.5 Å². The van der Waals surface area contributed by atoms with Gasteiger partial charge < -0.3 is 20.5 Å². The van der Waals surface area contributed by atoms with E-state index in [4.69, 9.17) is 9.84 Å². The molecule has 6 heteroatoms. The van der Waals surface area contributed by atoms with E-state index in [1.165, 1.54) is 13.3 Å². The van der Waals surface area contributed by atoms with Gasteiger partial charge in [-0.25, -0.2) is 4.98 Å². The largest absolute Gasteiger partial charge is 0.495 e. The summed E-state index contributed by atoms with van der Waals surface area (Å²) in [4.78, 5) is 16.3. The van der Waals surface area contributed by atoms with Crippen LogP contribution in [0.2, 0.25) is 0 Å². The number of hydrogen-bond acceptors (Lipinski definition) is 5. The lowest BCUT2D eigenvalue weighted by Crippen LogP contribution is -2.13. The quantitative estimate of drug-likeness (QED) is 0.759. The minimum absolute atomic E-state index is 0.0678. The smallest absolute Gasteiger partial charge is 0.257 e. The molecule has 0 unspecified atom stereocenters. The number of nitrogens with zero attached hydrogens (tertiary/aromatic N) is 1. The minimum Gasteiger partial charge on any atom is -0.495 e. The number of aromatic nitrogens is 1. The number of pyridine rings is 1. The third kappa shape index (κ3) is 3.73. The fourth-order valence-electron chi connectivity index (χ4n) is 1.99. The van der Waals surface area contributed by atoms with Crippen molar-refractivity contribution >= 4 is 17.4 Å². The first-order valence-electron chi connectivity index (χ1n) is 6.91. The summed E-state index contributed by atoms with van der Waals surface area (Å²) in [5.41, 5.74) is 1.98. The van der Waals surface area contributed by atoms with Crippen LogP contribution in [0.5, 0.6) is 5.75 Å². The summed E-state index contributed by atoms with van der Waals surface area (Å²) in [7, 11) is 3.30. The predicted octanol–water partition coefficient (Wildman–Crippen LogP) is 1.92. The Bertz CT molecular complexity index is 642. The second-order valence-electron chi connectivity index (χ2n) is 4.64. The fourth-order valence-corrected chi connectivity index (χ4v) is 1.99. The zero-order valence-corrected chi connectivity index (χ0v) is 12.6. The van der Waals surface area contributed by atoms with E-state index in [0.29, 0.717) is 29.2 Å². The number of amides is 1. The molecule has 0 aliphatic carbocycles. The number of benzene rings is 1. The number of rotatable bonds is 6. The van der Waals surface area contributed by atoms with Gasteiger partial charge in [0, 0.05) is 19.9 Å². The molecule has 0 radical (unpaired) electrons. The topological polar surface area (TPSA) is 83.5 Å². The van der Waals surface area contributed by atoms with E-state index in [1.807, 2.05) is 6.07 Å². The van der Waals surface area contributed by atoms with Gasteiger partial charge in [0.15, 0.2) is 0 Å². The Morgan fingerprint density at radius 3 is 2.73 bits per heavy atom. The molecule has 0 saturated carbocycles. The second-order valence-corrected chi connectivity index (χ2v) is 4.64. The van der Waals surface area contributed by atoms with Gasteiger partial charge in [-0.05, 0) is 36.2 Å². The van der Waals surface area contributed by atoms with Crippen LogP contribution in [0, 0.1) is 0 Å². The van der Waals surface area contributed by atoms with Gasteiger partial charge in [-0.1, -0.05) is 6.07 Å². The summed E-state index contributed by atoms with van der Waals surface area (Å²) >= 11 is 0. The third-order valence-electron chi connectivity index (χ3n) is 3.20. The number of ether oxygens (including phenoxy) is 1. The molecule has 1 heterocycles. The standard InChI is InChI=1S/C16H19N3O3/c1-17-15-6-4-12(10-18-15)16(21)19-13-5-3-11(7-8-20)9-14(13)22-2/h3-6,9-10,20H,7-8H2,1-2H3,(H,17,18)(H,19,21). The molecule has 3 N–H and O–H groups in total. The van der Waals surface area contributed by atoms with Gasteiger partial charge in [-0.3, -0.25) is 4.79 Å². The van der Waals surface area contributed by atoms with Crippen molar-refractivity contribution in [2.24, 2.45) is 0 Å². The van der Waals surface area contributed by atoms with Crippen LogP contribution in [-0.4, -0.2) is 36.8 Å². The number of aliphatic hydroxyl groups is 1. The van der Waals surface area contributed by atoms with Crippen molar-refractivity contribution < 1.29 is 14.6 Å². The lowest BCUT2D eigenvalue weighted by molar-refractivity contribution is 0.102. The van der Waals surface area contributed by atoms with E-state index in [-0.39, 0.29) is 12.5 Å². The Balaban J connectivity index is 2.16. The lowest BCUT2D eigenvalue weighted by atomic mass is 10.1. The number of anilines is 2. The van der Waals surface area contributed by atoms with E-state index >= 15 is 0 Å². The number of carbonyl (C=O) groups excluding carboxylic acids is 1. The van der Waals surface area contributed by atoms with E-state index in [2.05, 4.69) is 15.6 Å². The molecule has 22 heavy (non-hydrogen) atoms. The molecule has 2 aromatic rings. The highest BCUT2D eigenvalue weighted by Gasteiger charge is 2.11. The van der Waals surface area contributed by atoms with Gasteiger partial charge in [-0.15, -0.1) is 0 Å². The molecule has 0 bridgehead atoms. The van der Waals surface area contributed by atoms with Gasteiger partial charge in [-0.2, -0.15) is 0 Å². The van der Waals surface area contributed by atoms with Crippen LogP contribution < -0.4 is 15.4 Å². The highest BCUT2D eigenvalue weighted by molar-refractivity contribution is 6.04. The number of aliphatic hydroxyl groups excluding tert-OH is 1. The van der Waals surface area contributed by atoms with E-state index in [9.17, 15) is 4.79 Å². The fraction of sp³-hybridized carbons (Fsp3) is 0.250. The van der Waals surface area contributed by atoms with Gasteiger partial charge in [0.2, 0.25) is 0 Å². The average Bonchev–Trinajstić information content (AvgIpc) is 2.56. The number of hydrogen-bond donors (Lipinski definition) is 3. The summed E-state index contributed by atoms with van der Waals surface area (Å²) in [6, 6.07) is 8.83. The predicted molar refractivity (Wildman–Crippen MR) is 85.5 cm³/mol. The Kier molecular flexibility index (Phi) is 5.32. The van der Waals surface area contributed by atoms with Gasteiger partial charge in [0.1, 0.15) is 11.6 Å². The van der Waals surface area contributed by atoms with Gasteiger partial charge in [0.05, 0.1) is 18.4 Å². The molecule has 6 nitrogen and oxygen atoms in total. The lowest BCUT2D eigenvalue weighted by Gasteiger charge is -2.12. The van der Waals surface area contributed by atoms with Crippen molar-refractivity contribution in [2.75, 3.05) is 31.4 Å². The van der Waals surface area contributed by atoms with Crippen molar-refractivity contribution in [1.82, 2.24) is 4.98 Å². The number of methoxy groups -OCH3 is 1. The Labute approximate surface area is 129 Å². The Morgan fingerprint density at radius 2 is 2.14 bits per heavy atom. The molecule has 2 rings (SSSR count). The van der Waals surface area contributed by atoms with Crippen LogP contribution in [0.3, 0.4) is 0 Å². The molecule has 0 fully saturated rings. The monoisotopic (exact) mass is 301 g/mol. The molecule has 0 saturated heterocycles. The second kappa shape index (κ2) is 7.42. The zero-order chi connectivity index (χ0) is 15.9. The molecule has 0 aliphatic rings. The molecular formula is C16H19N3O3. The summed E-state index contributed by atoms with van der Waals surface area (Å²) in [6.07, 6.45) is 2.05. The highest BCUT2D eigenvalue weighted by atomic mass is 16.5. The van der Waals surface area contributed by atoms with Crippen molar-refractivity contribution in [3.63, 3.8) is 0 Å².